The second-order valence-electron chi connectivity index (χ2n) is 8.85. The van der Waals surface area contributed by atoms with Gasteiger partial charge < -0.3 is 19.3 Å². The molecule has 1 atom stereocenters. The predicted molar refractivity (Wildman–Crippen MR) is 130 cm³/mol. The number of ether oxygens (including phenoxy) is 3. The van der Waals surface area contributed by atoms with Crippen molar-refractivity contribution in [3.63, 3.8) is 0 Å². The molecule has 0 spiro atoms. The molecule has 1 amide bonds. The molecule has 11 nitrogen and oxygen atoms in total. The van der Waals surface area contributed by atoms with E-state index in [4.69, 9.17) is 14.2 Å². The minimum atomic E-state index is -4.35. The molecule has 0 aliphatic carbocycles. The van der Waals surface area contributed by atoms with Crippen LogP contribution in [0.25, 0.3) is 0 Å². The Morgan fingerprint density at radius 1 is 1.09 bits per heavy atom. The van der Waals surface area contributed by atoms with Gasteiger partial charge in [-0.3, -0.25) is 14.6 Å². The van der Waals surface area contributed by atoms with Crippen LogP contribution in [-0.4, -0.2) is 87.2 Å². The number of phenolic OH excluding ortho intramolecular Hbond substituents is 1. The average Bonchev–Trinajstić information content (AvgIpc) is 2.71. The molecule has 1 aromatic carbocycles. The lowest BCUT2D eigenvalue weighted by molar-refractivity contribution is -0.169. The number of rotatable bonds is 13. The molecule has 0 aliphatic heterocycles. The quantitative estimate of drug-likeness (QED) is 0.229. The number of carbonyl (C=O) groups is 2. The smallest absolute Gasteiger partial charge is 0.308 e. The fourth-order valence-corrected chi connectivity index (χ4v) is 4.56. The maximum atomic E-state index is 13.2. The van der Waals surface area contributed by atoms with Crippen LogP contribution in [0.3, 0.4) is 0 Å². The highest BCUT2D eigenvalue weighted by molar-refractivity contribution is 7.89. The van der Waals surface area contributed by atoms with E-state index < -0.39 is 50.5 Å². The van der Waals surface area contributed by atoms with Crippen molar-refractivity contribution in [3.05, 3.63) is 23.8 Å². The Hall–Kier alpha value is -2.25. The molecule has 0 bridgehead atoms. The molecule has 0 radical (unpaired) electrons. The van der Waals surface area contributed by atoms with Crippen LogP contribution in [0.5, 0.6) is 5.75 Å². The summed E-state index contributed by atoms with van der Waals surface area (Å²) in [4.78, 5) is 24.7. The van der Waals surface area contributed by atoms with Gasteiger partial charge in [0.2, 0.25) is 10.0 Å². The lowest BCUT2D eigenvalue weighted by Gasteiger charge is -2.28. The second kappa shape index (κ2) is 13.2. The van der Waals surface area contributed by atoms with Crippen LogP contribution in [0, 0.1) is 0 Å². The number of nitrogens with zero attached hydrogens (tertiary/aromatic N) is 2. The average molecular weight is 518 g/mol. The first-order valence-corrected chi connectivity index (χ1v) is 12.9. The number of sulfonamides is 1. The zero-order valence-corrected chi connectivity index (χ0v) is 22.6. The monoisotopic (exact) mass is 517 g/mol. The molecule has 35 heavy (non-hydrogen) atoms. The van der Waals surface area contributed by atoms with Crippen LogP contribution in [0.1, 0.15) is 58.3 Å². The molecule has 12 heteroatoms. The van der Waals surface area contributed by atoms with Gasteiger partial charge in [-0.2, -0.15) is 0 Å². The van der Waals surface area contributed by atoms with Gasteiger partial charge in [0.05, 0.1) is 12.5 Å². The molecule has 0 aromatic heterocycles. The van der Waals surface area contributed by atoms with Crippen molar-refractivity contribution in [1.82, 2.24) is 14.7 Å². The molecule has 0 fully saturated rings. The minimum absolute atomic E-state index is 0.115. The highest BCUT2D eigenvalue weighted by atomic mass is 32.2. The number of hydrazine groups is 1. The van der Waals surface area contributed by atoms with E-state index >= 15 is 0 Å². The molecule has 0 heterocycles. The van der Waals surface area contributed by atoms with Crippen molar-refractivity contribution < 1.29 is 37.3 Å². The van der Waals surface area contributed by atoms with Crippen molar-refractivity contribution in [2.45, 2.75) is 70.8 Å². The summed E-state index contributed by atoms with van der Waals surface area (Å²) in [5.74, 6) is -1.66. The van der Waals surface area contributed by atoms with Gasteiger partial charge in [0.25, 0.3) is 5.91 Å². The number of phenols is 1. The first kappa shape index (κ1) is 30.8. The third-order valence-corrected chi connectivity index (χ3v) is 6.15. The fourth-order valence-electron chi connectivity index (χ4n) is 3.26. The number of hydrogen-bond donors (Lipinski definition) is 2. The molecule has 2 N–H and O–H groups in total. The van der Waals surface area contributed by atoms with Crippen LogP contribution in [0.2, 0.25) is 0 Å². The van der Waals surface area contributed by atoms with Crippen LogP contribution in [-0.2, 0) is 29.0 Å². The number of nitrogens with one attached hydrogen (secondary N) is 1. The van der Waals surface area contributed by atoms with Crippen molar-refractivity contribution in [3.8, 4) is 5.75 Å². The Labute approximate surface area is 208 Å². The Kier molecular flexibility index (Phi) is 11.6. The Morgan fingerprint density at radius 2 is 1.66 bits per heavy atom. The Balaban J connectivity index is 3.29. The maximum Gasteiger partial charge on any atom is 0.308 e. The molecule has 1 unspecified atom stereocenters. The first-order chi connectivity index (χ1) is 16.2. The topological polar surface area (TPSA) is 135 Å². The van der Waals surface area contributed by atoms with Gasteiger partial charge in [-0.25, -0.2) is 18.1 Å². The van der Waals surface area contributed by atoms with Gasteiger partial charge in [0, 0.05) is 39.4 Å². The Morgan fingerprint density at radius 3 is 2.09 bits per heavy atom. The number of hydrogen-bond acceptors (Lipinski definition) is 9. The van der Waals surface area contributed by atoms with E-state index in [0.29, 0.717) is 6.54 Å². The molecular formula is C23H39N3O8S. The standard InChI is InChI=1S/C23H39N3O8S/c1-9-26(25(7)8)21(29)16-12-13-19(18(27)14-16)35(30,31)24-17(22(32-10-2)33-11-3)15-20(28)34-23(4,5)6/h12-14,17,22,24,27H,9-11,15H2,1-8H3. The van der Waals surface area contributed by atoms with Gasteiger partial charge in [-0.05, 0) is 59.7 Å². The van der Waals surface area contributed by atoms with Crippen LogP contribution in [0.4, 0.5) is 0 Å². The lowest BCUT2D eigenvalue weighted by Crippen LogP contribution is -2.47. The van der Waals surface area contributed by atoms with Gasteiger partial charge in [0.15, 0.2) is 6.29 Å². The zero-order valence-electron chi connectivity index (χ0n) is 21.8. The highest BCUT2D eigenvalue weighted by Crippen LogP contribution is 2.26. The van der Waals surface area contributed by atoms with Crippen molar-refractivity contribution in [2.24, 2.45) is 0 Å². The Bertz CT molecular complexity index is 954. The van der Waals surface area contributed by atoms with Gasteiger partial charge >= 0.3 is 5.97 Å². The van der Waals surface area contributed by atoms with E-state index in [1.165, 1.54) is 11.1 Å². The van der Waals surface area contributed by atoms with Crippen LogP contribution < -0.4 is 4.72 Å². The normalized spacial score (nSPS) is 13.2. The molecule has 1 aromatic rings. The SMILES string of the molecule is CCOC(OCC)C(CC(=O)OC(C)(C)C)NS(=O)(=O)c1ccc(C(=O)N(CC)N(C)C)cc1O. The molecule has 0 aliphatic rings. The van der Waals surface area contributed by atoms with E-state index in [1.807, 2.05) is 0 Å². The summed E-state index contributed by atoms with van der Waals surface area (Å²) in [6.07, 6.45) is -1.44. The third kappa shape index (κ3) is 9.37. The number of amides is 1. The van der Waals surface area contributed by atoms with Gasteiger partial charge in [-0.15, -0.1) is 0 Å². The van der Waals surface area contributed by atoms with Crippen molar-refractivity contribution in [2.75, 3.05) is 33.9 Å². The molecular weight excluding hydrogens is 478 g/mol. The van der Waals surface area contributed by atoms with E-state index in [9.17, 15) is 23.1 Å². The summed E-state index contributed by atoms with van der Waals surface area (Å²) >= 11 is 0. The molecule has 0 saturated heterocycles. The second-order valence-corrected chi connectivity index (χ2v) is 10.5. The zero-order chi connectivity index (χ0) is 27.0. The van der Waals surface area contributed by atoms with Gasteiger partial charge in [0.1, 0.15) is 16.2 Å². The largest absolute Gasteiger partial charge is 0.507 e. The van der Waals surface area contributed by atoms with Crippen LogP contribution in [0.15, 0.2) is 23.1 Å². The highest BCUT2D eigenvalue weighted by Gasteiger charge is 2.33. The summed E-state index contributed by atoms with van der Waals surface area (Å²) < 4.78 is 45.1. The van der Waals surface area contributed by atoms with E-state index in [1.54, 1.807) is 60.6 Å². The van der Waals surface area contributed by atoms with Crippen molar-refractivity contribution in [1.29, 1.82) is 0 Å². The van der Waals surface area contributed by atoms with E-state index in [-0.39, 0.29) is 25.2 Å². The summed E-state index contributed by atoms with van der Waals surface area (Å²) in [6, 6.07) is 2.40. The van der Waals surface area contributed by atoms with Gasteiger partial charge in [-0.1, -0.05) is 0 Å². The summed E-state index contributed by atoms with van der Waals surface area (Å²) in [5, 5.41) is 13.5. The molecule has 1 rings (SSSR count). The minimum Gasteiger partial charge on any atom is -0.507 e. The first-order valence-electron chi connectivity index (χ1n) is 11.5. The predicted octanol–water partition coefficient (Wildman–Crippen LogP) is 2.11. The van der Waals surface area contributed by atoms with Crippen molar-refractivity contribution >= 4 is 21.9 Å². The van der Waals surface area contributed by atoms with E-state index in [0.717, 1.165) is 12.1 Å². The molecule has 200 valence electrons. The number of carbonyl (C=O) groups excluding carboxylic acids is 2. The summed E-state index contributed by atoms with van der Waals surface area (Å²) in [7, 11) is -0.956. The molecule has 0 saturated carbocycles. The number of esters is 1. The third-order valence-electron chi connectivity index (χ3n) is 4.62. The summed E-state index contributed by atoms with van der Waals surface area (Å²) in [5.41, 5.74) is -0.656. The van der Waals surface area contributed by atoms with E-state index in [2.05, 4.69) is 4.72 Å². The number of aromatic hydroxyl groups is 1. The van der Waals surface area contributed by atoms with Crippen LogP contribution >= 0.6 is 0 Å². The number of benzene rings is 1. The lowest BCUT2D eigenvalue weighted by atomic mass is 10.1. The summed E-state index contributed by atoms with van der Waals surface area (Å²) in [6.45, 7) is 11.1. The maximum absolute atomic E-state index is 13.2. The fraction of sp³-hybridized carbons (Fsp3) is 0.652.